The van der Waals surface area contributed by atoms with E-state index in [0.29, 0.717) is 17.3 Å². The van der Waals surface area contributed by atoms with E-state index in [0.717, 1.165) is 35.8 Å². The van der Waals surface area contributed by atoms with Gasteiger partial charge in [0, 0.05) is 23.7 Å². The lowest BCUT2D eigenvalue weighted by molar-refractivity contribution is 0.436. The minimum absolute atomic E-state index is 0.491. The van der Waals surface area contributed by atoms with Crippen LogP contribution in [0.5, 0.6) is 0 Å². The highest BCUT2D eigenvalue weighted by Crippen LogP contribution is 2.26. The van der Waals surface area contributed by atoms with Crippen molar-refractivity contribution >= 4 is 33.1 Å². The highest BCUT2D eigenvalue weighted by Gasteiger charge is 2.26. The molecule has 0 saturated carbocycles. The smallest absolute Gasteiger partial charge is 0.252 e. The van der Waals surface area contributed by atoms with Gasteiger partial charge < -0.3 is 5.32 Å². The van der Waals surface area contributed by atoms with Gasteiger partial charge in [-0.05, 0) is 44.3 Å². The minimum Gasteiger partial charge on any atom is -0.319 e. The Balaban J connectivity index is 2.11. The Hall–Kier alpha value is -0.0800. The SMILES string of the molecule is CNCCc1ccc(S(=O)(=O)N2CCCSCC2)s1. The zero-order valence-corrected chi connectivity index (χ0v) is 13.5. The van der Waals surface area contributed by atoms with Crippen molar-refractivity contribution in [3.63, 3.8) is 0 Å². The van der Waals surface area contributed by atoms with Gasteiger partial charge in [0.05, 0.1) is 0 Å². The maximum atomic E-state index is 12.5. The third-order valence-electron chi connectivity index (χ3n) is 3.03. The number of sulfonamides is 1. The van der Waals surface area contributed by atoms with Gasteiger partial charge in [0.25, 0.3) is 10.0 Å². The normalized spacial score (nSPS) is 18.4. The summed E-state index contributed by atoms with van der Waals surface area (Å²) < 4.78 is 27.2. The van der Waals surface area contributed by atoms with Crippen molar-refractivity contribution in [2.75, 3.05) is 38.2 Å². The van der Waals surface area contributed by atoms with E-state index in [1.165, 1.54) is 11.3 Å². The molecule has 1 aromatic heterocycles. The summed E-state index contributed by atoms with van der Waals surface area (Å²) >= 11 is 3.24. The quantitative estimate of drug-likeness (QED) is 0.896. The van der Waals surface area contributed by atoms with Gasteiger partial charge >= 0.3 is 0 Å². The first kappa shape index (κ1) is 15.3. The molecule has 4 nitrogen and oxygen atoms in total. The zero-order chi connectivity index (χ0) is 13.7. The summed E-state index contributed by atoms with van der Waals surface area (Å²) in [5.41, 5.74) is 0. The summed E-state index contributed by atoms with van der Waals surface area (Å²) in [6.07, 6.45) is 1.83. The van der Waals surface area contributed by atoms with Crippen molar-refractivity contribution in [2.45, 2.75) is 17.1 Å². The van der Waals surface area contributed by atoms with E-state index < -0.39 is 10.0 Å². The molecule has 7 heteroatoms. The first-order valence-corrected chi connectivity index (χ1v) is 9.87. The number of rotatable bonds is 5. The molecular formula is C12H20N2O2S3. The van der Waals surface area contributed by atoms with Crippen molar-refractivity contribution in [1.82, 2.24) is 9.62 Å². The summed E-state index contributed by atoms with van der Waals surface area (Å²) in [6.45, 7) is 2.16. The fraction of sp³-hybridized carbons (Fsp3) is 0.667. The van der Waals surface area contributed by atoms with Crippen LogP contribution in [-0.2, 0) is 16.4 Å². The zero-order valence-electron chi connectivity index (χ0n) is 11.1. The topological polar surface area (TPSA) is 49.4 Å². The van der Waals surface area contributed by atoms with Crippen LogP contribution in [0, 0.1) is 0 Å². The Morgan fingerprint density at radius 1 is 1.32 bits per heavy atom. The van der Waals surface area contributed by atoms with E-state index in [9.17, 15) is 8.42 Å². The third kappa shape index (κ3) is 3.95. The molecule has 1 aliphatic rings. The van der Waals surface area contributed by atoms with E-state index in [1.54, 1.807) is 10.4 Å². The molecule has 108 valence electrons. The molecule has 0 atom stereocenters. The van der Waals surface area contributed by atoms with Crippen molar-refractivity contribution < 1.29 is 8.42 Å². The second-order valence-corrected chi connectivity index (χ2v) is 9.00. The number of hydrogen-bond donors (Lipinski definition) is 1. The van der Waals surface area contributed by atoms with Crippen LogP contribution in [0.25, 0.3) is 0 Å². The minimum atomic E-state index is -3.27. The standard InChI is InChI=1S/C12H20N2O2S3/c1-13-6-5-11-3-4-12(18-11)19(15,16)14-7-2-9-17-10-8-14/h3-4,13H,2,5-10H2,1H3. The van der Waals surface area contributed by atoms with Crippen LogP contribution in [0.2, 0.25) is 0 Å². The van der Waals surface area contributed by atoms with Crippen LogP contribution in [0.15, 0.2) is 16.3 Å². The molecule has 0 radical (unpaired) electrons. The van der Waals surface area contributed by atoms with Gasteiger partial charge in [-0.15, -0.1) is 11.3 Å². The molecule has 2 heterocycles. The van der Waals surface area contributed by atoms with Gasteiger partial charge in [-0.25, -0.2) is 8.42 Å². The van der Waals surface area contributed by atoms with Crippen LogP contribution in [0.1, 0.15) is 11.3 Å². The van der Waals surface area contributed by atoms with Crippen molar-refractivity contribution in [2.24, 2.45) is 0 Å². The van der Waals surface area contributed by atoms with Crippen molar-refractivity contribution in [3.8, 4) is 0 Å². The first-order chi connectivity index (χ1) is 9.14. The van der Waals surface area contributed by atoms with Gasteiger partial charge in [0.1, 0.15) is 4.21 Å². The number of nitrogens with one attached hydrogen (secondary N) is 1. The van der Waals surface area contributed by atoms with Gasteiger partial charge in [0.15, 0.2) is 0 Å². The van der Waals surface area contributed by atoms with E-state index in [4.69, 9.17) is 0 Å². The molecule has 19 heavy (non-hydrogen) atoms. The van der Waals surface area contributed by atoms with Gasteiger partial charge in [-0.2, -0.15) is 16.1 Å². The lowest BCUT2D eigenvalue weighted by Crippen LogP contribution is -2.32. The average molecular weight is 321 g/mol. The van der Waals surface area contributed by atoms with E-state index in [1.807, 2.05) is 24.9 Å². The summed E-state index contributed by atoms with van der Waals surface area (Å²) in [6, 6.07) is 3.69. The molecule has 0 aliphatic carbocycles. The summed E-state index contributed by atoms with van der Waals surface area (Å²) in [5, 5.41) is 3.08. The van der Waals surface area contributed by atoms with Gasteiger partial charge in [0.2, 0.25) is 0 Å². The molecule has 0 aromatic carbocycles. The Morgan fingerprint density at radius 3 is 2.95 bits per heavy atom. The fourth-order valence-corrected chi connectivity index (χ4v) is 5.96. The number of nitrogens with zero attached hydrogens (tertiary/aromatic N) is 1. The van der Waals surface area contributed by atoms with E-state index in [2.05, 4.69) is 5.32 Å². The second kappa shape index (κ2) is 7.08. The molecule has 0 unspecified atom stereocenters. The average Bonchev–Trinajstić information content (AvgIpc) is 2.70. The molecule has 1 fully saturated rings. The summed E-state index contributed by atoms with van der Waals surface area (Å²) in [4.78, 5) is 1.12. The molecule has 1 aliphatic heterocycles. The summed E-state index contributed by atoms with van der Waals surface area (Å²) in [5.74, 6) is 1.96. The molecule has 0 spiro atoms. The highest BCUT2D eigenvalue weighted by molar-refractivity contribution is 7.99. The monoisotopic (exact) mass is 320 g/mol. The lowest BCUT2D eigenvalue weighted by Gasteiger charge is -2.18. The van der Waals surface area contributed by atoms with E-state index in [-0.39, 0.29) is 0 Å². The first-order valence-electron chi connectivity index (χ1n) is 6.46. The molecule has 0 bridgehead atoms. The maximum absolute atomic E-state index is 12.5. The van der Waals surface area contributed by atoms with Gasteiger partial charge in [-0.3, -0.25) is 0 Å². The van der Waals surface area contributed by atoms with Crippen LogP contribution in [-0.4, -0.2) is 50.9 Å². The third-order valence-corrected chi connectivity index (χ3v) is 7.59. The molecular weight excluding hydrogens is 300 g/mol. The van der Waals surface area contributed by atoms with Crippen LogP contribution < -0.4 is 5.32 Å². The Bertz CT molecular complexity index is 491. The lowest BCUT2D eigenvalue weighted by atomic mass is 10.3. The number of thiophene rings is 1. The Labute approximate surface area is 123 Å². The van der Waals surface area contributed by atoms with Crippen LogP contribution in [0.4, 0.5) is 0 Å². The number of hydrogen-bond acceptors (Lipinski definition) is 5. The molecule has 1 aromatic rings. The van der Waals surface area contributed by atoms with E-state index >= 15 is 0 Å². The fourth-order valence-electron chi connectivity index (χ4n) is 1.97. The van der Waals surface area contributed by atoms with Gasteiger partial charge in [-0.1, -0.05) is 0 Å². The van der Waals surface area contributed by atoms with Crippen LogP contribution >= 0.6 is 23.1 Å². The maximum Gasteiger partial charge on any atom is 0.252 e. The molecule has 1 saturated heterocycles. The molecule has 1 N–H and O–H groups in total. The number of likely N-dealkylation sites (N-methyl/N-ethyl adjacent to an activating group) is 1. The Morgan fingerprint density at radius 2 is 2.16 bits per heavy atom. The predicted molar refractivity (Wildman–Crippen MR) is 82.7 cm³/mol. The highest BCUT2D eigenvalue weighted by atomic mass is 32.2. The largest absolute Gasteiger partial charge is 0.319 e. The summed E-state index contributed by atoms with van der Waals surface area (Å²) in [7, 11) is -1.37. The number of thioether (sulfide) groups is 1. The van der Waals surface area contributed by atoms with Crippen molar-refractivity contribution in [1.29, 1.82) is 0 Å². The Kier molecular flexibility index (Phi) is 5.70. The van der Waals surface area contributed by atoms with Crippen molar-refractivity contribution in [3.05, 3.63) is 17.0 Å². The predicted octanol–water partition coefficient (Wildman–Crippen LogP) is 1.64. The van der Waals surface area contributed by atoms with Crippen LogP contribution in [0.3, 0.4) is 0 Å². The molecule has 2 rings (SSSR count). The second-order valence-electron chi connectivity index (χ2n) is 4.44. The molecule has 0 amide bonds.